The van der Waals surface area contributed by atoms with E-state index < -0.39 is 11.7 Å². The van der Waals surface area contributed by atoms with Crippen molar-refractivity contribution in [1.82, 2.24) is 20.6 Å². The van der Waals surface area contributed by atoms with Crippen LogP contribution < -0.4 is 16.0 Å². The Kier molecular flexibility index (Phi) is 5.87. The first kappa shape index (κ1) is 19.7. The highest BCUT2D eigenvalue weighted by molar-refractivity contribution is 5.63. The van der Waals surface area contributed by atoms with Crippen LogP contribution in [0.25, 0.3) is 11.4 Å². The summed E-state index contributed by atoms with van der Waals surface area (Å²) < 4.78 is 39.9. The van der Waals surface area contributed by atoms with E-state index >= 15 is 0 Å². The molecule has 0 spiro atoms. The molecule has 0 aliphatic carbocycles. The molecular formula is C20H22F3N5. The Hall–Kier alpha value is -3.03. The van der Waals surface area contributed by atoms with Crippen LogP contribution in [0.1, 0.15) is 18.2 Å². The lowest BCUT2D eigenvalue weighted by Crippen LogP contribution is -2.32. The van der Waals surface area contributed by atoms with Crippen LogP contribution in [0.15, 0.2) is 53.9 Å². The SMILES string of the molecule is CC1=CC=C(NCCNc2cc(C)nc(-c3ccccc3C(F)(F)F)n2)NC1. The van der Waals surface area contributed by atoms with Crippen LogP contribution in [0.3, 0.4) is 0 Å². The Morgan fingerprint density at radius 2 is 1.79 bits per heavy atom. The predicted octanol–water partition coefficient (Wildman–Crippen LogP) is 3.86. The zero-order valence-electron chi connectivity index (χ0n) is 15.7. The van der Waals surface area contributed by atoms with E-state index in [-0.39, 0.29) is 11.4 Å². The first-order valence-electron chi connectivity index (χ1n) is 8.94. The quantitative estimate of drug-likeness (QED) is 0.655. The minimum absolute atomic E-state index is 0.0291. The molecule has 1 aliphatic rings. The molecule has 1 aromatic heterocycles. The molecule has 0 bridgehead atoms. The zero-order chi connectivity index (χ0) is 20.1. The number of nitrogens with one attached hydrogen (secondary N) is 3. The van der Waals surface area contributed by atoms with Crippen molar-refractivity contribution in [2.24, 2.45) is 0 Å². The van der Waals surface area contributed by atoms with Crippen molar-refractivity contribution in [2.45, 2.75) is 20.0 Å². The molecule has 148 valence electrons. The molecule has 0 saturated carbocycles. The molecule has 3 rings (SSSR count). The molecule has 1 aliphatic heterocycles. The summed E-state index contributed by atoms with van der Waals surface area (Å²) in [6, 6.07) is 7.05. The van der Waals surface area contributed by atoms with E-state index in [0.29, 0.717) is 24.6 Å². The molecule has 2 heterocycles. The molecule has 8 heteroatoms. The van der Waals surface area contributed by atoms with Crippen molar-refractivity contribution in [2.75, 3.05) is 25.0 Å². The first-order chi connectivity index (χ1) is 13.3. The molecule has 0 radical (unpaired) electrons. The van der Waals surface area contributed by atoms with Crippen molar-refractivity contribution in [3.05, 3.63) is 65.1 Å². The van der Waals surface area contributed by atoms with Crippen molar-refractivity contribution >= 4 is 5.82 Å². The van der Waals surface area contributed by atoms with Crippen LogP contribution in [0.2, 0.25) is 0 Å². The Labute approximate surface area is 161 Å². The monoisotopic (exact) mass is 389 g/mol. The van der Waals surface area contributed by atoms with Gasteiger partial charge in [0.2, 0.25) is 0 Å². The molecule has 2 aromatic rings. The minimum Gasteiger partial charge on any atom is -0.370 e. The van der Waals surface area contributed by atoms with E-state index in [0.717, 1.165) is 18.4 Å². The molecule has 28 heavy (non-hydrogen) atoms. The summed E-state index contributed by atoms with van der Waals surface area (Å²) in [5, 5.41) is 9.64. The van der Waals surface area contributed by atoms with Crippen molar-refractivity contribution < 1.29 is 13.2 Å². The van der Waals surface area contributed by atoms with E-state index in [1.165, 1.54) is 17.7 Å². The fraction of sp³-hybridized carbons (Fsp3) is 0.300. The van der Waals surface area contributed by atoms with Crippen LogP contribution in [-0.2, 0) is 6.18 Å². The molecule has 3 N–H and O–H groups in total. The number of dihydropyridines is 1. The number of aryl methyl sites for hydroxylation is 1. The first-order valence-corrected chi connectivity index (χ1v) is 8.94. The summed E-state index contributed by atoms with van der Waals surface area (Å²) in [6.07, 6.45) is -0.445. The topological polar surface area (TPSA) is 61.9 Å². The highest BCUT2D eigenvalue weighted by Gasteiger charge is 2.34. The van der Waals surface area contributed by atoms with Gasteiger partial charge >= 0.3 is 6.18 Å². The van der Waals surface area contributed by atoms with Gasteiger partial charge in [-0.05, 0) is 26.0 Å². The highest BCUT2D eigenvalue weighted by atomic mass is 19.4. The van der Waals surface area contributed by atoms with Gasteiger partial charge < -0.3 is 16.0 Å². The van der Waals surface area contributed by atoms with Crippen LogP contribution in [0, 0.1) is 6.92 Å². The van der Waals surface area contributed by atoms with Gasteiger partial charge in [0.05, 0.1) is 11.4 Å². The smallest absolute Gasteiger partial charge is 0.370 e. The number of halogens is 3. The summed E-state index contributed by atoms with van der Waals surface area (Å²) in [5.74, 6) is 1.48. The van der Waals surface area contributed by atoms with E-state index in [2.05, 4.69) is 25.9 Å². The second-order valence-electron chi connectivity index (χ2n) is 6.56. The second-order valence-corrected chi connectivity index (χ2v) is 6.56. The van der Waals surface area contributed by atoms with Gasteiger partial charge in [-0.3, -0.25) is 0 Å². The lowest BCUT2D eigenvalue weighted by Gasteiger charge is -2.17. The van der Waals surface area contributed by atoms with Gasteiger partial charge in [0.1, 0.15) is 5.82 Å². The summed E-state index contributed by atoms with van der Waals surface area (Å²) in [7, 11) is 0. The molecular weight excluding hydrogens is 367 g/mol. The number of hydrogen-bond acceptors (Lipinski definition) is 5. The summed E-state index contributed by atoms with van der Waals surface area (Å²) in [5.41, 5.74) is 1.08. The van der Waals surface area contributed by atoms with Crippen molar-refractivity contribution in [3.8, 4) is 11.4 Å². The lowest BCUT2D eigenvalue weighted by molar-refractivity contribution is -0.137. The van der Waals surface area contributed by atoms with Gasteiger partial charge in [0.15, 0.2) is 5.82 Å². The maximum atomic E-state index is 13.3. The van der Waals surface area contributed by atoms with Gasteiger partial charge in [-0.2, -0.15) is 13.2 Å². The Bertz CT molecular complexity index is 903. The molecule has 0 saturated heterocycles. The van der Waals surface area contributed by atoms with Crippen LogP contribution >= 0.6 is 0 Å². The summed E-state index contributed by atoms with van der Waals surface area (Å²) in [6.45, 7) is 5.77. The molecule has 0 atom stereocenters. The molecule has 0 unspecified atom stereocenters. The molecule has 5 nitrogen and oxygen atoms in total. The van der Waals surface area contributed by atoms with Crippen LogP contribution in [0.5, 0.6) is 0 Å². The third-order valence-corrected chi connectivity index (χ3v) is 4.17. The normalized spacial score (nSPS) is 14.0. The third-order valence-electron chi connectivity index (χ3n) is 4.17. The average molecular weight is 389 g/mol. The highest BCUT2D eigenvalue weighted by Crippen LogP contribution is 2.36. The second kappa shape index (κ2) is 8.33. The predicted molar refractivity (Wildman–Crippen MR) is 104 cm³/mol. The van der Waals surface area contributed by atoms with Gasteiger partial charge in [-0.1, -0.05) is 29.8 Å². The number of allylic oxidation sites excluding steroid dienone is 2. The standard InChI is InChI=1S/C20H22F3N5/c1-13-7-8-17(26-12-13)24-9-10-25-18-11-14(2)27-19(28-18)15-5-3-4-6-16(15)20(21,22)23/h3-8,11,24,26H,9-10,12H2,1-2H3,(H,25,27,28). The maximum absolute atomic E-state index is 13.3. The van der Waals surface area contributed by atoms with Crippen molar-refractivity contribution in [3.63, 3.8) is 0 Å². The minimum atomic E-state index is -4.46. The number of aromatic nitrogens is 2. The zero-order valence-corrected chi connectivity index (χ0v) is 15.7. The van der Waals surface area contributed by atoms with E-state index in [9.17, 15) is 13.2 Å². The number of hydrogen-bond donors (Lipinski definition) is 3. The van der Waals surface area contributed by atoms with Gasteiger partial charge in [0, 0.05) is 37.0 Å². The van der Waals surface area contributed by atoms with Gasteiger partial charge in [-0.15, -0.1) is 0 Å². The fourth-order valence-electron chi connectivity index (χ4n) is 2.79. The van der Waals surface area contributed by atoms with E-state index in [1.807, 2.05) is 19.1 Å². The van der Waals surface area contributed by atoms with Gasteiger partial charge in [0.25, 0.3) is 0 Å². The number of benzene rings is 1. The lowest BCUT2D eigenvalue weighted by atomic mass is 10.1. The number of anilines is 1. The van der Waals surface area contributed by atoms with E-state index in [1.54, 1.807) is 19.1 Å². The third kappa shape index (κ3) is 5.03. The van der Waals surface area contributed by atoms with Crippen LogP contribution in [-0.4, -0.2) is 29.6 Å². The number of nitrogens with zero attached hydrogens (tertiary/aromatic N) is 2. The summed E-state index contributed by atoms with van der Waals surface area (Å²) in [4.78, 5) is 8.48. The molecule has 0 amide bonds. The Morgan fingerprint density at radius 3 is 2.50 bits per heavy atom. The Morgan fingerprint density at radius 1 is 1.04 bits per heavy atom. The maximum Gasteiger partial charge on any atom is 0.417 e. The molecule has 0 fully saturated rings. The number of rotatable bonds is 6. The largest absolute Gasteiger partial charge is 0.417 e. The van der Waals surface area contributed by atoms with Gasteiger partial charge in [-0.25, -0.2) is 9.97 Å². The van der Waals surface area contributed by atoms with Crippen LogP contribution in [0.4, 0.5) is 19.0 Å². The van der Waals surface area contributed by atoms with Crippen molar-refractivity contribution in [1.29, 1.82) is 0 Å². The summed E-state index contributed by atoms with van der Waals surface area (Å²) >= 11 is 0. The molecule has 1 aromatic carbocycles. The number of alkyl halides is 3. The fourth-order valence-corrected chi connectivity index (χ4v) is 2.79. The Balaban J connectivity index is 1.69. The van der Waals surface area contributed by atoms with E-state index in [4.69, 9.17) is 0 Å². The average Bonchev–Trinajstić information content (AvgIpc) is 2.65.